The monoisotopic (exact) mass is 296 g/mol. The lowest BCUT2D eigenvalue weighted by atomic mass is 9.96. The van der Waals surface area contributed by atoms with Gasteiger partial charge in [0.15, 0.2) is 0 Å². The van der Waals surface area contributed by atoms with Gasteiger partial charge in [0.25, 0.3) is 0 Å². The molecule has 0 radical (unpaired) electrons. The van der Waals surface area contributed by atoms with E-state index in [1.165, 1.54) is 71.2 Å². The van der Waals surface area contributed by atoms with Gasteiger partial charge in [-0.05, 0) is 57.2 Å². The van der Waals surface area contributed by atoms with Crippen molar-refractivity contribution >= 4 is 0 Å². The highest BCUT2D eigenvalue weighted by molar-refractivity contribution is 4.75. The van der Waals surface area contributed by atoms with Gasteiger partial charge >= 0.3 is 0 Å². The summed E-state index contributed by atoms with van der Waals surface area (Å²) in [6, 6.07) is 0. The first kappa shape index (κ1) is 19.0. The quantitative estimate of drug-likeness (QED) is 0.548. The molecule has 1 aliphatic heterocycles. The Hall–Kier alpha value is -0.0800. The summed E-state index contributed by atoms with van der Waals surface area (Å²) in [7, 11) is 2.30. The van der Waals surface area contributed by atoms with E-state index < -0.39 is 0 Å². The lowest BCUT2D eigenvalue weighted by molar-refractivity contribution is 0.137. The van der Waals surface area contributed by atoms with Gasteiger partial charge in [-0.1, -0.05) is 47.0 Å². The molecule has 1 fully saturated rings. The third kappa shape index (κ3) is 9.52. The van der Waals surface area contributed by atoms with E-state index in [2.05, 4.69) is 44.5 Å². The second kappa shape index (κ2) is 10.6. The molecule has 0 aromatic carbocycles. The lowest BCUT2D eigenvalue weighted by Gasteiger charge is -2.35. The second-order valence-electron chi connectivity index (χ2n) is 8.17. The van der Waals surface area contributed by atoms with Crippen molar-refractivity contribution in [3.8, 4) is 0 Å². The van der Waals surface area contributed by atoms with Gasteiger partial charge in [-0.25, -0.2) is 0 Å². The van der Waals surface area contributed by atoms with Crippen LogP contribution in [0, 0.1) is 17.8 Å². The fraction of sp³-hybridized carbons (Fsp3) is 1.00. The molecule has 1 unspecified atom stereocenters. The number of hydrogen-bond acceptors (Lipinski definition) is 2. The molecule has 2 heteroatoms. The summed E-state index contributed by atoms with van der Waals surface area (Å²) >= 11 is 0. The van der Waals surface area contributed by atoms with Crippen LogP contribution in [0.2, 0.25) is 0 Å². The van der Waals surface area contributed by atoms with E-state index in [1.54, 1.807) is 0 Å². The Balaban J connectivity index is 2.14. The first-order chi connectivity index (χ1) is 9.97. The molecular formula is C19H40N2. The topological polar surface area (TPSA) is 6.48 Å². The van der Waals surface area contributed by atoms with Crippen molar-refractivity contribution in [3.05, 3.63) is 0 Å². The third-order valence-electron chi connectivity index (χ3n) is 4.61. The van der Waals surface area contributed by atoms with E-state index in [-0.39, 0.29) is 0 Å². The molecule has 2 nitrogen and oxygen atoms in total. The van der Waals surface area contributed by atoms with Crippen LogP contribution in [0.25, 0.3) is 0 Å². The van der Waals surface area contributed by atoms with Crippen molar-refractivity contribution in [2.75, 3.05) is 39.8 Å². The Morgan fingerprint density at radius 1 is 1.05 bits per heavy atom. The molecule has 1 rings (SSSR count). The van der Waals surface area contributed by atoms with Crippen LogP contribution in [0.1, 0.15) is 66.2 Å². The van der Waals surface area contributed by atoms with Crippen LogP contribution in [0.15, 0.2) is 0 Å². The summed E-state index contributed by atoms with van der Waals surface area (Å²) in [5.41, 5.74) is 0. The minimum absolute atomic E-state index is 0.788. The van der Waals surface area contributed by atoms with Crippen LogP contribution < -0.4 is 0 Å². The largest absolute Gasteiger partial charge is 0.306 e. The fourth-order valence-corrected chi connectivity index (χ4v) is 3.71. The summed E-state index contributed by atoms with van der Waals surface area (Å²) in [5.74, 6) is 2.56. The van der Waals surface area contributed by atoms with E-state index in [0.29, 0.717) is 0 Å². The molecule has 1 saturated heterocycles. The van der Waals surface area contributed by atoms with Crippen LogP contribution in [0.3, 0.4) is 0 Å². The molecule has 0 aromatic rings. The first-order valence-electron chi connectivity index (χ1n) is 9.38. The highest BCUT2D eigenvalue weighted by Crippen LogP contribution is 2.18. The van der Waals surface area contributed by atoms with Crippen LogP contribution in [0.4, 0.5) is 0 Å². The number of hydrogen-bond donors (Lipinski definition) is 0. The highest BCUT2D eigenvalue weighted by atomic mass is 15.1. The minimum Gasteiger partial charge on any atom is -0.306 e. The first-order valence-corrected chi connectivity index (χ1v) is 9.38. The zero-order chi connectivity index (χ0) is 15.7. The summed E-state index contributed by atoms with van der Waals surface area (Å²) in [6.45, 7) is 15.9. The van der Waals surface area contributed by atoms with Crippen LogP contribution in [-0.2, 0) is 0 Å². The standard InChI is InChI=1S/C19H40N2/c1-17(2)10-7-6-8-12-21-13-9-11-19(16-21)15-20(5)14-18(3)4/h17-19H,6-16H2,1-5H3. The minimum atomic E-state index is 0.788. The molecule has 0 spiro atoms. The van der Waals surface area contributed by atoms with Crippen molar-refractivity contribution in [3.63, 3.8) is 0 Å². The molecule has 0 amide bonds. The van der Waals surface area contributed by atoms with E-state index in [9.17, 15) is 0 Å². The third-order valence-corrected chi connectivity index (χ3v) is 4.61. The van der Waals surface area contributed by atoms with Crippen molar-refractivity contribution < 1.29 is 0 Å². The zero-order valence-corrected chi connectivity index (χ0v) is 15.4. The van der Waals surface area contributed by atoms with Gasteiger partial charge in [0.05, 0.1) is 0 Å². The molecule has 126 valence electrons. The predicted molar refractivity (Wildman–Crippen MR) is 94.8 cm³/mol. The normalized spacial score (nSPS) is 20.9. The number of nitrogens with zero attached hydrogens (tertiary/aromatic N) is 2. The number of piperidine rings is 1. The number of rotatable bonds is 10. The number of unbranched alkanes of at least 4 members (excludes halogenated alkanes) is 2. The average Bonchev–Trinajstić information content (AvgIpc) is 2.37. The van der Waals surface area contributed by atoms with Gasteiger partial charge in [-0.3, -0.25) is 0 Å². The Labute approximate surface area is 134 Å². The second-order valence-corrected chi connectivity index (χ2v) is 8.17. The van der Waals surface area contributed by atoms with Crippen LogP contribution >= 0.6 is 0 Å². The molecule has 0 saturated carbocycles. The highest BCUT2D eigenvalue weighted by Gasteiger charge is 2.20. The average molecular weight is 297 g/mol. The summed E-state index contributed by atoms with van der Waals surface area (Å²) in [6.07, 6.45) is 8.50. The fourth-order valence-electron chi connectivity index (χ4n) is 3.71. The van der Waals surface area contributed by atoms with Crippen LogP contribution in [-0.4, -0.2) is 49.6 Å². The van der Waals surface area contributed by atoms with E-state index in [0.717, 1.165) is 17.8 Å². The van der Waals surface area contributed by atoms with E-state index in [4.69, 9.17) is 0 Å². The van der Waals surface area contributed by atoms with E-state index >= 15 is 0 Å². The molecule has 0 bridgehead atoms. The lowest BCUT2D eigenvalue weighted by Crippen LogP contribution is -2.41. The van der Waals surface area contributed by atoms with E-state index in [1.807, 2.05) is 0 Å². The van der Waals surface area contributed by atoms with Gasteiger partial charge in [-0.2, -0.15) is 0 Å². The van der Waals surface area contributed by atoms with Crippen molar-refractivity contribution in [1.29, 1.82) is 0 Å². The Morgan fingerprint density at radius 2 is 1.81 bits per heavy atom. The molecule has 0 aromatic heterocycles. The Bertz CT molecular complexity index is 250. The van der Waals surface area contributed by atoms with Gasteiger partial charge in [0.2, 0.25) is 0 Å². The van der Waals surface area contributed by atoms with Gasteiger partial charge in [0, 0.05) is 19.6 Å². The van der Waals surface area contributed by atoms with Crippen molar-refractivity contribution in [1.82, 2.24) is 9.80 Å². The summed E-state index contributed by atoms with van der Waals surface area (Å²) < 4.78 is 0. The maximum atomic E-state index is 2.73. The maximum absolute atomic E-state index is 2.73. The molecule has 1 aliphatic rings. The van der Waals surface area contributed by atoms with Crippen LogP contribution in [0.5, 0.6) is 0 Å². The number of likely N-dealkylation sites (tertiary alicyclic amines) is 1. The molecular weight excluding hydrogens is 256 g/mol. The molecule has 1 heterocycles. The van der Waals surface area contributed by atoms with Gasteiger partial charge in [-0.15, -0.1) is 0 Å². The zero-order valence-electron chi connectivity index (χ0n) is 15.4. The molecule has 0 N–H and O–H groups in total. The predicted octanol–water partition coefficient (Wildman–Crippen LogP) is 4.50. The van der Waals surface area contributed by atoms with Crippen molar-refractivity contribution in [2.45, 2.75) is 66.2 Å². The Morgan fingerprint density at radius 3 is 2.48 bits per heavy atom. The van der Waals surface area contributed by atoms with Crippen molar-refractivity contribution in [2.24, 2.45) is 17.8 Å². The molecule has 1 atom stereocenters. The smallest absolute Gasteiger partial charge is 0.00219 e. The maximum Gasteiger partial charge on any atom is 0.00219 e. The van der Waals surface area contributed by atoms with Gasteiger partial charge < -0.3 is 9.80 Å². The van der Waals surface area contributed by atoms with Gasteiger partial charge in [0.1, 0.15) is 0 Å². The summed E-state index contributed by atoms with van der Waals surface area (Å²) in [4.78, 5) is 5.27. The summed E-state index contributed by atoms with van der Waals surface area (Å²) in [5, 5.41) is 0. The SMILES string of the molecule is CC(C)CCCCCN1CCCC(CN(C)CC(C)C)C1. The molecule has 0 aliphatic carbocycles. The molecule has 21 heavy (non-hydrogen) atoms. The Kier molecular flexibility index (Phi) is 9.59.